The molecule has 3 aliphatic carbocycles. The Morgan fingerprint density at radius 3 is 1.84 bits per heavy atom. The monoisotopic (exact) mass is 1240 g/mol. The van der Waals surface area contributed by atoms with Crippen LogP contribution in [0.2, 0.25) is 0 Å². The smallest absolute Gasteiger partial charge is 0.350 e. The van der Waals surface area contributed by atoms with Crippen molar-refractivity contribution in [2.24, 2.45) is 28.6 Å². The minimum Gasteiger partial charge on any atom is -0.481 e. The highest BCUT2D eigenvalue weighted by Gasteiger charge is 2.79. The highest BCUT2D eigenvalue weighted by atomic mass is 19.2. The normalized spacial score (nSPS) is 26.2. The van der Waals surface area contributed by atoms with Gasteiger partial charge in [-0.15, -0.1) is 0 Å². The van der Waals surface area contributed by atoms with Crippen LogP contribution in [0.3, 0.4) is 0 Å². The molecule has 26 heteroatoms. The second kappa shape index (κ2) is 26.3. The Bertz CT molecular complexity index is 3280. The van der Waals surface area contributed by atoms with Crippen LogP contribution >= 0.6 is 0 Å². The van der Waals surface area contributed by atoms with Gasteiger partial charge in [-0.2, -0.15) is 0 Å². The number of nitrogens with one attached hydrogen (secondary N) is 2. The van der Waals surface area contributed by atoms with Crippen molar-refractivity contribution in [2.45, 2.75) is 168 Å². The van der Waals surface area contributed by atoms with E-state index in [0.717, 1.165) is 13.8 Å². The zero-order valence-corrected chi connectivity index (χ0v) is 49.8. The summed E-state index contributed by atoms with van der Waals surface area (Å²) in [5.41, 5.74) is -11.4. The number of aliphatic carboxylic acids is 1. The van der Waals surface area contributed by atoms with E-state index in [9.17, 15) is 70.5 Å². The van der Waals surface area contributed by atoms with Crippen molar-refractivity contribution < 1.29 is 113 Å². The van der Waals surface area contributed by atoms with E-state index in [0.29, 0.717) is 0 Å². The summed E-state index contributed by atoms with van der Waals surface area (Å²) in [5.74, 6) is -28.0. The van der Waals surface area contributed by atoms with Gasteiger partial charge in [-0.3, -0.25) is 38.4 Å². The van der Waals surface area contributed by atoms with E-state index >= 15 is 9.59 Å². The number of rotatable bonds is 21. The number of amides is 2. The molecule has 4 N–H and O–H groups in total. The summed E-state index contributed by atoms with van der Waals surface area (Å²) < 4.78 is 116. The van der Waals surface area contributed by atoms with E-state index in [2.05, 4.69) is 5.32 Å². The number of hydrogen-bond acceptors (Lipinski definition) is 18. The van der Waals surface area contributed by atoms with Gasteiger partial charge in [-0.05, 0) is 60.9 Å². The number of Topliss-reactive ketones (excluding diaryl/α,β-unsaturated/α-hetero) is 1. The first-order chi connectivity index (χ1) is 41.1. The summed E-state index contributed by atoms with van der Waals surface area (Å²) in [7, 11) is 0. The van der Waals surface area contributed by atoms with Gasteiger partial charge in [-0.1, -0.05) is 90.1 Å². The SMILES string of the molecule is CC(=O)O[C@H]1C(=O)[C@]2(C)[C@@H](OC(=O)CC(C)C)C[C@H]3OC[C@@]3(OC(C)=O)[C@H]2[C@H](OC(=O)c2ccccc2)[C@]2(O)C[C@H](OC(=O)[C@H](OC(=O)CC(C)C)[C@@H](NC(=O)[C@@H](CCC(=O)O)NC(=O)c3c(F)c(F)c(F)c(F)c3F)c3ccccc3)C(C)=C1C2(C)C. The maximum atomic E-state index is 16.3. The Morgan fingerprint density at radius 2 is 1.31 bits per heavy atom. The van der Waals surface area contributed by atoms with Crippen molar-refractivity contribution >= 4 is 59.4 Å². The van der Waals surface area contributed by atoms with E-state index < -0.39 is 209 Å². The van der Waals surface area contributed by atoms with E-state index in [1.165, 1.54) is 82.3 Å². The molecule has 21 nitrogen and oxygen atoms in total. The number of ketones is 1. The third-order valence-corrected chi connectivity index (χ3v) is 16.8. The lowest BCUT2D eigenvalue weighted by molar-refractivity contribution is -0.346. The molecule has 476 valence electrons. The number of carbonyl (C=O) groups excluding carboxylic acids is 9. The largest absolute Gasteiger partial charge is 0.481 e. The summed E-state index contributed by atoms with van der Waals surface area (Å²) in [5, 5.41) is 28.1. The highest BCUT2D eigenvalue weighted by molar-refractivity contribution is 5.99. The molecular weight excluding hydrogens is 1170 g/mol. The first-order valence-electron chi connectivity index (χ1n) is 28.3. The molecule has 2 bridgehead atoms. The summed E-state index contributed by atoms with van der Waals surface area (Å²) in [6, 6.07) is 10.1. The quantitative estimate of drug-likeness (QED) is 0.0209. The number of fused-ring (bicyclic) bond motifs is 5. The standard InChI is InChI=1S/C62H69F5N2O19/c1-28(2)23-40(74)85-37-25-38-61(27-82-38,88-32(7)71)52-54(87-57(79)34-19-15-12-16-20-34)62(81)26-36(30(5)43(59(62,8)9)50(83-31(6)70)53(76)60(37,52)10)84-58(80)51(86-41(75)24-29(3)4)49(33-17-13-11-14-18-33)69-55(77)35(21-22-39(72)73)68-56(78)42-44(63)46(65)48(67)47(66)45(42)64/h11-20,28-29,35-38,49-52,54,81H,21-27H2,1-10H3,(H,68,78)(H,69,77)(H,72,73)/t35-,36+,37+,38-,49+,50-,51-,52+,54+,60-,61+,62-/m1/s1. The maximum absolute atomic E-state index is 16.3. The number of carbonyl (C=O) groups is 10. The minimum atomic E-state index is -2.71. The zero-order valence-electron chi connectivity index (χ0n) is 49.8. The Labute approximate surface area is 502 Å². The third-order valence-electron chi connectivity index (χ3n) is 16.8. The van der Waals surface area contributed by atoms with Crippen LogP contribution in [0.25, 0.3) is 0 Å². The van der Waals surface area contributed by atoms with Crippen LogP contribution in [-0.2, 0) is 71.5 Å². The molecule has 0 unspecified atom stereocenters. The molecule has 0 radical (unpaired) electrons. The summed E-state index contributed by atoms with van der Waals surface area (Å²) in [6.45, 7) is 13.8. The van der Waals surface area contributed by atoms with Gasteiger partial charge in [0.15, 0.2) is 40.8 Å². The number of ether oxygens (including phenoxy) is 7. The van der Waals surface area contributed by atoms with Crippen molar-refractivity contribution in [3.8, 4) is 0 Å². The summed E-state index contributed by atoms with van der Waals surface area (Å²) in [6.07, 6.45) is -14.8. The van der Waals surface area contributed by atoms with Crippen LogP contribution in [0, 0.1) is 57.7 Å². The fourth-order valence-corrected chi connectivity index (χ4v) is 12.5. The number of halogens is 5. The van der Waals surface area contributed by atoms with Gasteiger partial charge in [0.25, 0.3) is 5.91 Å². The Balaban J connectivity index is 1.43. The van der Waals surface area contributed by atoms with Gasteiger partial charge < -0.3 is 54.0 Å². The molecule has 3 aromatic rings. The van der Waals surface area contributed by atoms with Crippen LogP contribution in [0.5, 0.6) is 0 Å². The molecule has 3 aromatic carbocycles. The van der Waals surface area contributed by atoms with Gasteiger partial charge in [0.2, 0.25) is 17.8 Å². The Hall–Kier alpha value is -8.13. The lowest BCUT2D eigenvalue weighted by Crippen LogP contribution is -2.82. The maximum Gasteiger partial charge on any atom is 0.350 e. The van der Waals surface area contributed by atoms with Gasteiger partial charge >= 0.3 is 41.8 Å². The fourth-order valence-electron chi connectivity index (χ4n) is 12.5. The van der Waals surface area contributed by atoms with Crippen LogP contribution in [-0.4, -0.2) is 130 Å². The molecule has 2 amide bonds. The van der Waals surface area contributed by atoms with E-state index in [-0.39, 0.29) is 41.0 Å². The number of carboxylic acid groups (broad SMARTS) is 1. The van der Waals surface area contributed by atoms with E-state index in [4.69, 9.17) is 33.2 Å². The molecule has 2 saturated carbocycles. The van der Waals surface area contributed by atoms with E-state index in [1.54, 1.807) is 39.1 Å². The molecule has 1 saturated heterocycles. The van der Waals surface area contributed by atoms with Crippen LogP contribution in [0.15, 0.2) is 71.8 Å². The van der Waals surface area contributed by atoms with E-state index in [1.807, 2.05) is 0 Å². The first kappa shape index (κ1) is 67.4. The molecule has 0 spiro atoms. The average molecular weight is 1240 g/mol. The molecule has 1 aliphatic heterocycles. The molecule has 4 aliphatic rings. The molecule has 88 heavy (non-hydrogen) atoms. The van der Waals surface area contributed by atoms with Crippen molar-refractivity contribution in [1.29, 1.82) is 0 Å². The predicted molar refractivity (Wildman–Crippen MR) is 293 cm³/mol. The second-order valence-electron chi connectivity index (χ2n) is 24.1. The summed E-state index contributed by atoms with van der Waals surface area (Å²) >= 11 is 0. The Kier molecular flexibility index (Phi) is 20.1. The van der Waals surface area contributed by atoms with Crippen molar-refractivity contribution in [1.82, 2.24) is 10.6 Å². The number of aliphatic hydroxyl groups is 1. The number of hydrogen-bond donors (Lipinski definition) is 4. The predicted octanol–water partition coefficient (Wildman–Crippen LogP) is 6.97. The van der Waals surface area contributed by atoms with Crippen molar-refractivity contribution in [2.75, 3.05) is 6.61 Å². The number of carboxylic acids is 1. The minimum absolute atomic E-state index is 0.0800. The topological polar surface area (TPSA) is 300 Å². The fraction of sp³-hybridized carbons (Fsp3) is 0.516. The molecule has 3 fully saturated rings. The molecule has 7 rings (SSSR count). The van der Waals surface area contributed by atoms with Crippen LogP contribution in [0.1, 0.15) is 140 Å². The number of esters is 6. The second-order valence-corrected chi connectivity index (χ2v) is 24.1. The molecule has 1 heterocycles. The summed E-state index contributed by atoms with van der Waals surface area (Å²) in [4.78, 5) is 141. The van der Waals surface area contributed by atoms with Gasteiger partial charge in [-0.25, -0.2) is 31.5 Å². The molecule has 0 aromatic heterocycles. The zero-order chi connectivity index (χ0) is 65.3. The molecular formula is C62H69F5N2O19. The highest BCUT2D eigenvalue weighted by Crippen LogP contribution is 2.65. The average Bonchev–Trinajstić information content (AvgIpc) is 0.688. The van der Waals surface area contributed by atoms with Crippen LogP contribution < -0.4 is 10.6 Å². The van der Waals surface area contributed by atoms with Crippen molar-refractivity contribution in [3.63, 3.8) is 0 Å². The van der Waals surface area contributed by atoms with Crippen molar-refractivity contribution in [3.05, 3.63) is 118 Å². The van der Waals surface area contributed by atoms with Gasteiger partial charge in [0.1, 0.15) is 47.7 Å². The number of benzene rings is 3. The van der Waals surface area contributed by atoms with Gasteiger partial charge in [0, 0.05) is 51.4 Å². The lowest BCUT2D eigenvalue weighted by atomic mass is 9.44. The van der Waals surface area contributed by atoms with Crippen LogP contribution in [0.4, 0.5) is 22.0 Å². The lowest BCUT2D eigenvalue weighted by Gasteiger charge is -2.67. The molecule has 12 atom stereocenters. The Morgan fingerprint density at radius 1 is 0.739 bits per heavy atom. The third kappa shape index (κ3) is 13.0. The first-order valence-corrected chi connectivity index (χ1v) is 28.3. The van der Waals surface area contributed by atoms with Gasteiger partial charge in [0.05, 0.1) is 23.5 Å².